The van der Waals surface area contributed by atoms with Crippen LogP contribution in [0.25, 0.3) is 0 Å². The van der Waals surface area contributed by atoms with Crippen molar-refractivity contribution in [2.45, 2.75) is 6.92 Å². The summed E-state index contributed by atoms with van der Waals surface area (Å²) >= 11 is 9.23. The molecule has 1 fully saturated rings. The summed E-state index contributed by atoms with van der Waals surface area (Å²) in [7, 11) is 0. The third-order valence-electron chi connectivity index (χ3n) is 3.25. The smallest absolute Gasteiger partial charge is 0.409 e. The van der Waals surface area contributed by atoms with Crippen molar-refractivity contribution in [3.05, 3.63) is 33.3 Å². The number of amides is 2. The monoisotopic (exact) mass is 374 g/mol. The van der Waals surface area contributed by atoms with Crippen molar-refractivity contribution in [2.24, 2.45) is 0 Å². The van der Waals surface area contributed by atoms with E-state index in [2.05, 4.69) is 15.9 Å². The molecule has 2 rings (SSSR count). The second-order valence-corrected chi connectivity index (χ2v) is 5.89. The van der Waals surface area contributed by atoms with Crippen molar-refractivity contribution in [3.8, 4) is 0 Å². The summed E-state index contributed by atoms with van der Waals surface area (Å²) in [4.78, 5) is 27.4. The molecule has 0 saturated carbocycles. The van der Waals surface area contributed by atoms with Gasteiger partial charge in [-0.3, -0.25) is 4.79 Å². The number of rotatable bonds is 2. The molecule has 0 unspecified atom stereocenters. The van der Waals surface area contributed by atoms with Gasteiger partial charge in [-0.25, -0.2) is 4.79 Å². The van der Waals surface area contributed by atoms with Crippen LogP contribution in [0.5, 0.6) is 0 Å². The molecule has 21 heavy (non-hydrogen) atoms. The summed E-state index contributed by atoms with van der Waals surface area (Å²) in [5, 5.41) is 0.575. The Morgan fingerprint density at radius 1 is 1.24 bits per heavy atom. The van der Waals surface area contributed by atoms with Crippen molar-refractivity contribution in [3.63, 3.8) is 0 Å². The van der Waals surface area contributed by atoms with Gasteiger partial charge in [-0.15, -0.1) is 0 Å². The van der Waals surface area contributed by atoms with E-state index in [1.165, 1.54) is 0 Å². The van der Waals surface area contributed by atoms with Crippen molar-refractivity contribution < 1.29 is 14.3 Å². The first-order chi connectivity index (χ1) is 10.0. The molecule has 5 nitrogen and oxygen atoms in total. The molecule has 0 radical (unpaired) electrons. The Morgan fingerprint density at radius 3 is 2.43 bits per heavy atom. The Bertz CT molecular complexity index is 545. The molecule has 1 aliphatic rings. The van der Waals surface area contributed by atoms with E-state index in [0.717, 1.165) is 0 Å². The quantitative estimate of drug-likeness (QED) is 0.798. The lowest BCUT2D eigenvalue weighted by molar-refractivity contribution is 0.0570. The molecule has 0 atom stereocenters. The number of hydrogen-bond donors (Lipinski definition) is 0. The Kier molecular flexibility index (Phi) is 5.47. The van der Waals surface area contributed by atoms with Crippen molar-refractivity contribution >= 4 is 39.5 Å². The van der Waals surface area contributed by atoms with Gasteiger partial charge in [0, 0.05) is 35.7 Å². The third-order valence-corrected chi connectivity index (χ3v) is 4.15. The van der Waals surface area contributed by atoms with Gasteiger partial charge in [0.15, 0.2) is 0 Å². The fourth-order valence-corrected chi connectivity index (χ4v) is 2.99. The minimum atomic E-state index is -0.322. The normalized spacial score (nSPS) is 15.0. The first kappa shape index (κ1) is 16.1. The summed E-state index contributed by atoms with van der Waals surface area (Å²) in [5.41, 5.74) is 0.573. The lowest BCUT2D eigenvalue weighted by Gasteiger charge is -2.34. The number of carbonyl (C=O) groups excluding carboxylic acids is 2. The highest BCUT2D eigenvalue weighted by molar-refractivity contribution is 9.10. The molecule has 0 aromatic heterocycles. The zero-order chi connectivity index (χ0) is 15.4. The Morgan fingerprint density at radius 2 is 1.86 bits per heavy atom. The number of hydrogen-bond acceptors (Lipinski definition) is 3. The molecule has 1 aliphatic heterocycles. The number of ether oxygens (including phenoxy) is 1. The van der Waals surface area contributed by atoms with Crippen LogP contribution in [0.3, 0.4) is 0 Å². The van der Waals surface area contributed by atoms with Gasteiger partial charge in [0.1, 0.15) is 0 Å². The highest BCUT2D eigenvalue weighted by atomic mass is 79.9. The Labute approximate surface area is 136 Å². The number of halogens is 2. The number of carbonyl (C=O) groups is 2. The minimum Gasteiger partial charge on any atom is -0.450 e. The first-order valence-electron chi connectivity index (χ1n) is 6.69. The van der Waals surface area contributed by atoms with Crippen LogP contribution in [0.2, 0.25) is 5.02 Å². The van der Waals surface area contributed by atoms with Gasteiger partial charge in [-0.2, -0.15) is 0 Å². The van der Waals surface area contributed by atoms with Crippen molar-refractivity contribution in [1.82, 2.24) is 9.80 Å². The number of nitrogens with zero attached hydrogens (tertiary/aromatic N) is 2. The predicted octanol–water partition coefficient (Wildman–Crippen LogP) is 3.02. The largest absolute Gasteiger partial charge is 0.450 e. The average molecular weight is 376 g/mol. The second kappa shape index (κ2) is 7.13. The summed E-state index contributed by atoms with van der Waals surface area (Å²) in [6.45, 7) is 4.08. The van der Waals surface area contributed by atoms with Gasteiger partial charge < -0.3 is 14.5 Å². The number of benzene rings is 1. The molecule has 0 spiro atoms. The lowest BCUT2D eigenvalue weighted by Crippen LogP contribution is -2.50. The van der Waals surface area contributed by atoms with E-state index in [1.807, 2.05) is 0 Å². The standard InChI is InChI=1S/C14H16BrClN2O3/c1-2-21-14(20)18-7-5-17(6-8-18)13(19)11-4-3-10(16)9-12(11)15/h3-4,9H,2,5-8H2,1H3. The van der Waals surface area contributed by atoms with Crippen molar-refractivity contribution in [2.75, 3.05) is 32.8 Å². The topological polar surface area (TPSA) is 49.9 Å². The van der Waals surface area contributed by atoms with E-state index in [-0.39, 0.29) is 12.0 Å². The Hall–Kier alpha value is -1.27. The van der Waals surface area contributed by atoms with Crippen LogP contribution in [-0.2, 0) is 4.74 Å². The molecule has 2 amide bonds. The van der Waals surface area contributed by atoms with Gasteiger partial charge in [0.2, 0.25) is 0 Å². The molecule has 1 aromatic rings. The molecular weight excluding hydrogens is 360 g/mol. The molecule has 1 saturated heterocycles. The van der Waals surface area contributed by atoms with Crippen LogP contribution in [0.15, 0.2) is 22.7 Å². The summed E-state index contributed by atoms with van der Waals surface area (Å²) in [5.74, 6) is -0.0675. The average Bonchev–Trinajstić information content (AvgIpc) is 2.47. The zero-order valence-corrected chi connectivity index (χ0v) is 14.0. The zero-order valence-electron chi connectivity index (χ0n) is 11.6. The molecule has 0 N–H and O–H groups in total. The molecule has 1 aromatic carbocycles. The maximum atomic E-state index is 12.5. The molecule has 0 aliphatic carbocycles. The van der Waals surface area contributed by atoms with Crippen LogP contribution < -0.4 is 0 Å². The predicted molar refractivity (Wildman–Crippen MR) is 83.7 cm³/mol. The van der Waals surface area contributed by atoms with Crippen LogP contribution >= 0.6 is 27.5 Å². The fourth-order valence-electron chi connectivity index (χ4n) is 2.14. The van der Waals surface area contributed by atoms with Crippen LogP contribution in [0.1, 0.15) is 17.3 Å². The summed E-state index contributed by atoms with van der Waals surface area (Å²) < 4.78 is 5.63. The van der Waals surface area contributed by atoms with Gasteiger partial charge in [-0.1, -0.05) is 11.6 Å². The van der Waals surface area contributed by atoms with Crippen LogP contribution in [-0.4, -0.2) is 54.6 Å². The fraction of sp³-hybridized carbons (Fsp3) is 0.429. The second-order valence-electron chi connectivity index (χ2n) is 4.60. The first-order valence-corrected chi connectivity index (χ1v) is 7.86. The molecule has 1 heterocycles. The maximum absolute atomic E-state index is 12.5. The van der Waals surface area contributed by atoms with Crippen LogP contribution in [0.4, 0.5) is 4.79 Å². The molecule has 114 valence electrons. The molecule has 0 bridgehead atoms. The van der Waals surface area contributed by atoms with Gasteiger partial charge >= 0.3 is 6.09 Å². The number of piperazine rings is 1. The van der Waals surface area contributed by atoms with Crippen LogP contribution in [0, 0.1) is 0 Å². The van der Waals surface area contributed by atoms with E-state index in [1.54, 1.807) is 34.9 Å². The van der Waals surface area contributed by atoms with Gasteiger partial charge in [-0.05, 0) is 41.1 Å². The van der Waals surface area contributed by atoms with Crippen molar-refractivity contribution in [1.29, 1.82) is 0 Å². The van der Waals surface area contributed by atoms with E-state index in [4.69, 9.17) is 16.3 Å². The third kappa shape index (κ3) is 3.89. The summed E-state index contributed by atoms with van der Waals surface area (Å²) in [6.07, 6.45) is -0.322. The molecule has 7 heteroatoms. The summed E-state index contributed by atoms with van der Waals surface area (Å²) in [6, 6.07) is 5.09. The Balaban J connectivity index is 1.98. The van der Waals surface area contributed by atoms with E-state index in [9.17, 15) is 9.59 Å². The van der Waals surface area contributed by atoms with Gasteiger partial charge in [0.25, 0.3) is 5.91 Å². The van der Waals surface area contributed by atoms with E-state index in [0.29, 0.717) is 47.8 Å². The van der Waals surface area contributed by atoms with E-state index >= 15 is 0 Å². The van der Waals surface area contributed by atoms with Gasteiger partial charge in [0.05, 0.1) is 12.2 Å². The minimum absolute atomic E-state index is 0.0675. The molecular formula is C14H16BrClN2O3. The lowest BCUT2D eigenvalue weighted by atomic mass is 10.2. The SMILES string of the molecule is CCOC(=O)N1CCN(C(=O)c2ccc(Cl)cc2Br)CC1. The maximum Gasteiger partial charge on any atom is 0.409 e. The van der Waals surface area contributed by atoms with E-state index < -0.39 is 0 Å². The highest BCUT2D eigenvalue weighted by Gasteiger charge is 2.26. The highest BCUT2D eigenvalue weighted by Crippen LogP contribution is 2.23.